The van der Waals surface area contributed by atoms with Crippen molar-refractivity contribution in [1.82, 2.24) is 0 Å². The van der Waals surface area contributed by atoms with Crippen molar-refractivity contribution >= 4 is 40.8 Å². The van der Waals surface area contributed by atoms with Gasteiger partial charge in [0.15, 0.2) is 0 Å². The summed E-state index contributed by atoms with van der Waals surface area (Å²) in [5.74, 6) is -2.03. The van der Waals surface area contributed by atoms with Crippen molar-refractivity contribution in [2.45, 2.75) is 12.8 Å². The number of hydrogen-bond acceptors (Lipinski definition) is 5. The number of esters is 1. The summed E-state index contributed by atoms with van der Waals surface area (Å²) in [6, 6.07) is 7.58. The molecule has 0 spiro atoms. The Kier molecular flexibility index (Phi) is 6.12. The molecule has 0 aromatic heterocycles. The van der Waals surface area contributed by atoms with Gasteiger partial charge in [-0.15, -0.1) is 0 Å². The largest absolute Gasteiger partial charge is 0.507 e. The molecule has 0 bridgehead atoms. The van der Waals surface area contributed by atoms with E-state index in [9.17, 15) is 19.8 Å². The topological polar surface area (TPSA) is 95.9 Å². The summed E-state index contributed by atoms with van der Waals surface area (Å²) in [4.78, 5) is 23.9. The highest BCUT2D eigenvalue weighted by Crippen LogP contribution is 2.37. The molecule has 0 atom stereocenters. The summed E-state index contributed by atoms with van der Waals surface area (Å²) in [5, 5.41) is 22.6. The molecule has 25 heavy (non-hydrogen) atoms. The number of aromatic hydroxyl groups is 2. The van der Waals surface area contributed by atoms with Crippen LogP contribution in [0.2, 0.25) is 10.0 Å². The van der Waals surface area contributed by atoms with Gasteiger partial charge in [-0.25, -0.2) is 4.79 Å². The monoisotopic (exact) mass is 383 g/mol. The molecule has 2 aromatic carbocycles. The summed E-state index contributed by atoms with van der Waals surface area (Å²) in [6.45, 7) is 0. The van der Waals surface area contributed by atoms with Gasteiger partial charge in [0.05, 0.1) is 12.1 Å². The SMILES string of the molecule is COC(=O)c1c(O)cc(O)c(Cl)c1CCC(=O)Nc1cccc(Cl)c1. The van der Waals surface area contributed by atoms with Gasteiger partial charge < -0.3 is 20.3 Å². The second-order valence-corrected chi connectivity index (χ2v) is 5.95. The van der Waals surface area contributed by atoms with Crippen LogP contribution in [0.1, 0.15) is 22.3 Å². The highest BCUT2D eigenvalue weighted by Gasteiger charge is 2.23. The fourth-order valence-corrected chi connectivity index (χ4v) is 2.71. The molecule has 0 fully saturated rings. The lowest BCUT2D eigenvalue weighted by Crippen LogP contribution is -2.14. The van der Waals surface area contributed by atoms with E-state index in [4.69, 9.17) is 23.2 Å². The van der Waals surface area contributed by atoms with Crippen LogP contribution in [0.3, 0.4) is 0 Å². The number of carbonyl (C=O) groups excluding carboxylic acids is 2. The first-order valence-corrected chi connectivity index (χ1v) is 7.96. The standard InChI is InChI=1S/C17H15Cl2NO5/c1-25-17(24)15-11(16(19)13(22)8-12(15)21)5-6-14(23)20-10-4-2-3-9(18)7-10/h2-4,7-8,21-22H,5-6H2,1H3,(H,20,23). The molecule has 6 nitrogen and oxygen atoms in total. The first kappa shape index (κ1) is 18.9. The lowest BCUT2D eigenvalue weighted by molar-refractivity contribution is -0.116. The minimum Gasteiger partial charge on any atom is -0.507 e. The number of halogens is 2. The molecule has 0 unspecified atom stereocenters. The molecule has 3 N–H and O–H groups in total. The van der Waals surface area contributed by atoms with Gasteiger partial charge in [0.25, 0.3) is 0 Å². The second-order valence-electron chi connectivity index (χ2n) is 5.13. The fraction of sp³-hybridized carbons (Fsp3) is 0.176. The van der Waals surface area contributed by atoms with Crippen molar-refractivity contribution in [2.24, 2.45) is 0 Å². The van der Waals surface area contributed by atoms with Crippen LogP contribution < -0.4 is 5.32 Å². The van der Waals surface area contributed by atoms with E-state index in [2.05, 4.69) is 10.1 Å². The van der Waals surface area contributed by atoms with Gasteiger partial charge in [0.1, 0.15) is 17.1 Å². The summed E-state index contributed by atoms with van der Waals surface area (Å²) < 4.78 is 4.61. The van der Waals surface area contributed by atoms with Crippen molar-refractivity contribution in [3.05, 3.63) is 51.5 Å². The zero-order chi connectivity index (χ0) is 18.6. The van der Waals surface area contributed by atoms with Crippen molar-refractivity contribution < 1.29 is 24.5 Å². The molecular weight excluding hydrogens is 369 g/mol. The predicted molar refractivity (Wildman–Crippen MR) is 94.5 cm³/mol. The predicted octanol–water partition coefficient (Wildman–Crippen LogP) is 3.76. The number of nitrogens with one attached hydrogen (secondary N) is 1. The van der Waals surface area contributed by atoms with E-state index in [0.717, 1.165) is 13.2 Å². The smallest absolute Gasteiger partial charge is 0.341 e. The van der Waals surface area contributed by atoms with Gasteiger partial charge in [-0.05, 0) is 30.2 Å². The summed E-state index contributed by atoms with van der Waals surface area (Å²) in [7, 11) is 1.15. The lowest BCUT2D eigenvalue weighted by atomic mass is 10.0. The maximum atomic E-state index is 12.1. The van der Waals surface area contributed by atoms with Crippen LogP contribution in [0, 0.1) is 0 Å². The van der Waals surface area contributed by atoms with Gasteiger partial charge in [-0.2, -0.15) is 0 Å². The van der Waals surface area contributed by atoms with Crippen molar-refractivity contribution in [2.75, 3.05) is 12.4 Å². The Morgan fingerprint density at radius 2 is 1.88 bits per heavy atom. The average molecular weight is 384 g/mol. The third kappa shape index (κ3) is 4.55. The third-order valence-corrected chi connectivity index (χ3v) is 4.08. The van der Waals surface area contributed by atoms with Crippen LogP contribution in [-0.2, 0) is 16.0 Å². The zero-order valence-electron chi connectivity index (χ0n) is 13.2. The Labute approximate surface area is 153 Å². The molecule has 1 amide bonds. The highest BCUT2D eigenvalue weighted by molar-refractivity contribution is 6.33. The van der Waals surface area contributed by atoms with E-state index in [1.165, 1.54) is 0 Å². The maximum Gasteiger partial charge on any atom is 0.341 e. The molecule has 2 aromatic rings. The van der Waals surface area contributed by atoms with Crippen molar-refractivity contribution in [3.8, 4) is 11.5 Å². The quantitative estimate of drug-likeness (QED) is 0.683. The van der Waals surface area contributed by atoms with Gasteiger partial charge in [-0.1, -0.05) is 29.3 Å². The number of rotatable bonds is 5. The Balaban J connectivity index is 2.19. The van der Waals surface area contributed by atoms with Crippen LogP contribution in [0.4, 0.5) is 5.69 Å². The molecule has 0 saturated heterocycles. The van der Waals surface area contributed by atoms with Gasteiger partial charge in [0.2, 0.25) is 5.91 Å². The number of amides is 1. The normalized spacial score (nSPS) is 10.4. The van der Waals surface area contributed by atoms with Crippen LogP contribution in [0.15, 0.2) is 30.3 Å². The van der Waals surface area contributed by atoms with Gasteiger partial charge >= 0.3 is 5.97 Å². The molecular formula is C17H15Cl2NO5. The van der Waals surface area contributed by atoms with E-state index in [1.807, 2.05) is 0 Å². The van der Waals surface area contributed by atoms with E-state index in [1.54, 1.807) is 24.3 Å². The van der Waals surface area contributed by atoms with Crippen molar-refractivity contribution in [1.29, 1.82) is 0 Å². The number of ether oxygens (including phenoxy) is 1. The maximum absolute atomic E-state index is 12.1. The van der Waals surface area contributed by atoms with Gasteiger partial charge in [-0.3, -0.25) is 4.79 Å². The number of anilines is 1. The average Bonchev–Trinajstić information content (AvgIpc) is 2.56. The Hall–Kier alpha value is -2.44. The first-order valence-electron chi connectivity index (χ1n) is 7.20. The summed E-state index contributed by atoms with van der Waals surface area (Å²) in [5.41, 5.74) is 0.476. The van der Waals surface area contributed by atoms with Crippen LogP contribution >= 0.6 is 23.2 Å². The number of benzene rings is 2. The first-order chi connectivity index (χ1) is 11.8. The Morgan fingerprint density at radius 1 is 1.16 bits per heavy atom. The minimum atomic E-state index is -0.815. The molecule has 0 saturated carbocycles. The van der Waals surface area contributed by atoms with Gasteiger partial charge in [0, 0.05) is 23.2 Å². The van der Waals surface area contributed by atoms with Crippen LogP contribution in [-0.4, -0.2) is 29.2 Å². The second kappa shape index (κ2) is 8.09. The number of methoxy groups -OCH3 is 1. The van der Waals surface area contributed by atoms with E-state index in [0.29, 0.717) is 10.7 Å². The Bertz CT molecular complexity index is 823. The molecule has 0 aliphatic heterocycles. The summed E-state index contributed by atoms with van der Waals surface area (Å²) >= 11 is 11.9. The fourth-order valence-electron chi connectivity index (χ4n) is 2.28. The lowest BCUT2D eigenvalue weighted by Gasteiger charge is -2.13. The number of carbonyl (C=O) groups is 2. The van der Waals surface area contributed by atoms with E-state index >= 15 is 0 Å². The zero-order valence-corrected chi connectivity index (χ0v) is 14.7. The van der Waals surface area contributed by atoms with E-state index < -0.39 is 17.5 Å². The van der Waals surface area contributed by atoms with Crippen molar-refractivity contribution in [3.63, 3.8) is 0 Å². The highest BCUT2D eigenvalue weighted by atomic mass is 35.5. The molecule has 0 aliphatic carbocycles. The number of phenols is 2. The summed E-state index contributed by atoms with van der Waals surface area (Å²) in [6.07, 6.45) is -0.0310. The molecule has 2 rings (SSSR count). The Morgan fingerprint density at radius 3 is 2.52 bits per heavy atom. The number of hydrogen-bond donors (Lipinski definition) is 3. The molecule has 0 aliphatic rings. The third-order valence-electron chi connectivity index (χ3n) is 3.42. The molecule has 0 heterocycles. The van der Waals surface area contributed by atoms with Crippen LogP contribution in [0.5, 0.6) is 11.5 Å². The molecule has 132 valence electrons. The molecule has 8 heteroatoms. The molecule has 0 radical (unpaired) electrons. The van der Waals surface area contributed by atoms with E-state index in [-0.39, 0.29) is 34.9 Å². The number of phenolic OH excluding ortho intramolecular Hbond substituents is 2. The van der Waals surface area contributed by atoms with Crippen LogP contribution in [0.25, 0.3) is 0 Å². The minimum absolute atomic E-state index is 0.0115.